The molecule has 2 rings (SSSR count). The number of carboxylic acids is 1. The van der Waals surface area contributed by atoms with Gasteiger partial charge in [-0.2, -0.15) is 0 Å². The van der Waals surface area contributed by atoms with Crippen LogP contribution in [-0.2, 0) is 9.53 Å². The Labute approximate surface area is 124 Å². The summed E-state index contributed by atoms with van der Waals surface area (Å²) in [6.45, 7) is 2.15. The third-order valence-electron chi connectivity index (χ3n) is 2.89. The van der Waals surface area contributed by atoms with E-state index in [1.54, 1.807) is 4.90 Å². The van der Waals surface area contributed by atoms with Crippen LogP contribution in [0.2, 0.25) is 0 Å². The zero-order chi connectivity index (χ0) is 14.5. The summed E-state index contributed by atoms with van der Waals surface area (Å²) in [6, 6.07) is 4.40. The van der Waals surface area contributed by atoms with Gasteiger partial charge in [-0.1, -0.05) is 0 Å². The summed E-state index contributed by atoms with van der Waals surface area (Å²) >= 11 is 3.23. The van der Waals surface area contributed by atoms with E-state index in [0.717, 1.165) is 0 Å². The fourth-order valence-corrected chi connectivity index (χ4v) is 2.29. The van der Waals surface area contributed by atoms with Crippen LogP contribution in [0, 0.1) is 0 Å². The lowest BCUT2D eigenvalue weighted by Crippen LogP contribution is -2.43. The van der Waals surface area contributed by atoms with Gasteiger partial charge in [-0.3, -0.25) is 4.79 Å². The van der Waals surface area contributed by atoms with Gasteiger partial charge in [0.1, 0.15) is 5.75 Å². The second-order valence-corrected chi connectivity index (χ2v) is 5.09. The Hall–Kier alpha value is -1.60. The number of aromatic carboxylic acids is 1. The number of halogens is 1. The van der Waals surface area contributed by atoms with Crippen molar-refractivity contribution in [3.63, 3.8) is 0 Å². The van der Waals surface area contributed by atoms with E-state index in [0.29, 0.717) is 36.5 Å². The Bertz CT molecular complexity index is 513. The van der Waals surface area contributed by atoms with E-state index in [1.807, 2.05) is 0 Å². The molecule has 0 atom stereocenters. The zero-order valence-electron chi connectivity index (χ0n) is 10.7. The van der Waals surface area contributed by atoms with E-state index in [4.69, 9.17) is 14.6 Å². The van der Waals surface area contributed by atoms with E-state index in [-0.39, 0.29) is 18.1 Å². The van der Waals surface area contributed by atoms with Crippen molar-refractivity contribution in [1.29, 1.82) is 0 Å². The van der Waals surface area contributed by atoms with Crippen LogP contribution in [0.4, 0.5) is 0 Å². The van der Waals surface area contributed by atoms with Crippen molar-refractivity contribution in [2.45, 2.75) is 0 Å². The lowest BCUT2D eigenvalue weighted by Gasteiger charge is -2.26. The van der Waals surface area contributed by atoms with E-state index in [1.165, 1.54) is 18.2 Å². The Morgan fingerprint density at radius 2 is 2.05 bits per heavy atom. The average molecular weight is 344 g/mol. The zero-order valence-corrected chi connectivity index (χ0v) is 12.3. The average Bonchev–Trinajstić information content (AvgIpc) is 2.46. The number of carboxylic acid groups (broad SMARTS) is 1. The van der Waals surface area contributed by atoms with Crippen LogP contribution < -0.4 is 4.74 Å². The fourth-order valence-electron chi connectivity index (χ4n) is 1.79. The monoisotopic (exact) mass is 343 g/mol. The van der Waals surface area contributed by atoms with Crippen LogP contribution >= 0.6 is 15.9 Å². The maximum atomic E-state index is 11.9. The maximum Gasteiger partial charge on any atom is 0.335 e. The van der Waals surface area contributed by atoms with Crippen LogP contribution in [0.25, 0.3) is 0 Å². The summed E-state index contributed by atoms with van der Waals surface area (Å²) in [4.78, 5) is 24.4. The standard InChI is InChI=1S/C13H14BrNO5/c14-10-7-9(13(17)18)1-2-11(10)20-8-12(16)15-3-5-19-6-4-15/h1-2,7H,3-6,8H2,(H,17,18). The largest absolute Gasteiger partial charge is 0.483 e. The normalized spacial score (nSPS) is 14.9. The first-order valence-electron chi connectivity index (χ1n) is 6.09. The lowest BCUT2D eigenvalue weighted by molar-refractivity contribution is -0.137. The van der Waals surface area contributed by atoms with Crippen molar-refractivity contribution in [1.82, 2.24) is 4.90 Å². The molecule has 1 saturated heterocycles. The summed E-state index contributed by atoms with van der Waals surface area (Å²) in [5, 5.41) is 8.85. The van der Waals surface area contributed by atoms with Gasteiger partial charge in [0, 0.05) is 13.1 Å². The molecule has 7 heteroatoms. The number of carbonyl (C=O) groups excluding carboxylic acids is 1. The molecule has 20 heavy (non-hydrogen) atoms. The smallest absolute Gasteiger partial charge is 0.335 e. The van der Waals surface area contributed by atoms with Crippen LogP contribution in [-0.4, -0.2) is 54.8 Å². The molecule has 1 N–H and O–H groups in total. The van der Waals surface area contributed by atoms with E-state index in [2.05, 4.69) is 15.9 Å². The molecule has 1 aliphatic heterocycles. The predicted octanol–water partition coefficient (Wildman–Crippen LogP) is 1.38. The number of rotatable bonds is 4. The van der Waals surface area contributed by atoms with Gasteiger partial charge in [0.15, 0.2) is 6.61 Å². The van der Waals surface area contributed by atoms with Gasteiger partial charge in [0.2, 0.25) is 0 Å². The van der Waals surface area contributed by atoms with Crippen LogP contribution in [0.5, 0.6) is 5.75 Å². The van der Waals surface area contributed by atoms with Gasteiger partial charge in [-0.05, 0) is 34.1 Å². The van der Waals surface area contributed by atoms with Crippen LogP contribution in [0.15, 0.2) is 22.7 Å². The van der Waals surface area contributed by atoms with Gasteiger partial charge in [-0.15, -0.1) is 0 Å². The molecule has 0 radical (unpaired) electrons. The number of hydrogen-bond acceptors (Lipinski definition) is 4. The number of amides is 1. The number of nitrogens with zero attached hydrogens (tertiary/aromatic N) is 1. The van der Waals surface area contributed by atoms with Crippen LogP contribution in [0.3, 0.4) is 0 Å². The Morgan fingerprint density at radius 1 is 1.35 bits per heavy atom. The molecular formula is C13H14BrNO5. The van der Waals surface area contributed by atoms with Crippen molar-refractivity contribution in [3.05, 3.63) is 28.2 Å². The van der Waals surface area contributed by atoms with Crippen molar-refractivity contribution < 1.29 is 24.2 Å². The van der Waals surface area contributed by atoms with Crippen molar-refractivity contribution in [2.24, 2.45) is 0 Å². The molecule has 1 amide bonds. The van der Waals surface area contributed by atoms with E-state index in [9.17, 15) is 9.59 Å². The summed E-state index contributed by atoms with van der Waals surface area (Å²) in [5.74, 6) is -0.680. The molecule has 6 nitrogen and oxygen atoms in total. The molecule has 0 spiro atoms. The quantitative estimate of drug-likeness (QED) is 0.893. The van der Waals surface area contributed by atoms with E-state index < -0.39 is 5.97 Å². The highest BCUT2D eigenvalue weighted by molar-refractivity contribution is 9.10. The highest BCUT2D eigenvalue weighted by atomic mass is 79.9. The van der Waals surface area contributed by atoms with Crippen molar-refractivity contribution >= 4 is 27.8 Å². The Kier molecular flexibility index (Phi) is 4.97. The van der Waals surface area contributed by atoms with Gasteiger partial charge < -0.3 is 19.5 Å². The molecule has 1 aromatic carbocycles. The summed E-state index contributed by atoms with van der Waals surface area (Å²) < 4.78 is 11.1. The first-order chi connectivity index (χ1) is 9.58. The molecule has 1 aromatic rings. The molecule has 0 aliphatic carbocycles. The first kappa shape index (κ1) is 14.8. The van der Waals surface area contributed by atoms with Crippen molar-refractivity contribution in [2.75, 3.05) is 32.9 Å². The molecule has 1 heterocycles. The molecular weight excluding hydrogens is 330 g/mol. The van der Waals surface area contributed by atoms with Gasteiger partial charge in [-0.25, -0.2) is 4.79 Å². The molecule has 0 aromatic heterocycles. The first-order valence-corrected chi connectivity index (χ1v) is 6.88. The Morgan fingerprint density at radius 3 is 2.65 bits per heavy atom. The maximum absolute atomic E-state index is 11.9. The summed E-state index contributed by atoms with van der Waals surface area (Å²) in [6.07, 6.45) is 0. The van der Waals surface area contributed by atoms with Gasteiger partial charge >= 0.3 is 5.97 Å². The third-order valence-corrected chi connectivity index (χ3v) is 3.51. The highest BCUT2D eigenvalue weighted by Gasteiger charge is 2.17. The fraction of sp³-hybridized carbons (Fsp3) is 0.385. The number of carbonyl (C=O) groups is 2. The SMILES string of the molecule is O=C(O)c1ccc(OCC(=O)N2CCOCC2)c(Br)c1. The second-order valence-electron chi connectivity index (χ2n) is 4.23. The molecule has 108 valence electrons. The minimum atomic E-state index is -1.01. The number of ether oxygens (including phenoxy) is 2. The predicted molar refractivity (Wildman–Crippen MR) is 74.0 cm³/mol. The van der Waals surface area contributed by atoms with Gasteiger partial charge in [0.05, 0.1) is 23.2 Å². The highest BCUT2D eigenvalue weighted by Crippen LogP contribution is 2.26. The Balaban J connectivity index is 1.93. The molecule has 1 aliphatic rings. The topological polar surface area (TPSA) is 76.1 Å². The molecule has 0 bridgehead atoms. The minimum absolute atomic E-state index is 0.0784. The van der Waals surface area contributed by atoms with Crippen LogP contribution in [0.1, 0.15) is 10.4 Å². The van der Waals surface area contributed by atoms with E-state index >= 15 is 0 Å². The summed E-state index contributed by atoms with van der Waals surface area (Å²) in [7, 11) is 0. The van der Waals surface area contributed by atoms with Crippen molar-refractivity contribution in [3.8, 4) is 5.75 Å². The number of morpholine rings is 1. The van der Waals surface area contributed by atoms with Gasteiger partial charge in [0.25, 0.3) is 5.91 Å². The molecule has 1 fully saturated rings. The minimum Gasteiger partial charge on any atom is -0.483 e. The molecule has 0 unspecified atom stereocenters. The summed E-state index contributed by atoms with van der Waals surface area (Å²) in [5.41, 5.74) is 0.156. The molecule has 0 saturated carbocycles. The second kappa shape index (κ2) is 6.71. The third kappa shape index (κ3) is 3.71. The number of hydrogen-bond donors (Lipinski definition) is 1. The number of benzene rings is 1. The lowest BCUT2D eigenvalue weighted by atomic mass is 10.2.